The van der Waals surface area contributed by atoms with Gasteiger partial charge in [0.25, 0.3) is 0 Å². The Kier molecular flexibility index (Phi) is 6.13. The highest BCUT2D eigenvalue weighted by Gasteiger charge is 2.54. The average molecular weight is 433 g/mol. The van der Waals surface area contributed by atoms with Crippen molar-refractivity contribution in [1.82, 2.24) is 10.6 Å². The number of ether oxygens (including phenoxy) is 2. The van der Waals surface area contributed by atoms with Crippen molar-refractivity contribution in [1.29, 1.82) is 0 Å². The van der Waals surface area contributed by atoms with Crippen molar-refractivity contribution in [3.8, 4) is 11.5 Å². The van der Waals surface area contributed by atoms with Gasteiger partial charge in [0, 0.05) is 30.0 Å². The highest BCUT2D eigenvalue weighted by Crippen LogP contribution is 2.60. The van der Waals surface area contributed by atoms with E-state index in [1.165, 1.54) is 45.6 Å². The van der Waals surface area contributed by atoms with E-state index in [1.807, 2.05) is 0 Å². The summed E-state index contributed by atoms with van der Waals surface area (Å²) in [4.78, 5) is 25.4. The minimum Gasteiger partial charge on any atom is -0.493 e. The number of hydrogen-bond acceptors (Lipinski definition) is 4. The lowest BCUT2D eigenvalue weighted by Gasteiger charge is -2.55. The molecule has 170 valence electrons. The molecule has 1 aromatic rings. The molecular weight excluding hydrogens is 399 g/mol. The maximum absolute atomic E-state index is 14.4. The van der Waals surface area contributed by atoms with Crippen LogP contribution in [0.3, 0.4) is 0 Å². The van der Waals surface area contributed by atoms with Gasteiger partial charge in [0.15, 0.2) is 11.5 Å². The SMILES string of the molecule is COc1cc(F)c(C(C)NC(=O)CCNC(=O)C23CC4CC(CC(C4)C2)C3)cc1OC. The zero-order chi connectivity index (χ0) is 22.2. The predicted molar refractivity (Wildman–Crippen MR) is 114 cm³/mol. The summed E-state index contributed by atoms with van der Waals surface area (Å²) in [6.45, 7) is 2.02. The molecule has 2 amide bonds. The van der Waals surface area contributed by atoms with E-state index >= 15 is 0 Å². The molecule has 0 aliphatic heterocycles. The van der Waals surface area contributed by atoms with E-state index in [-0.39, 0.29) is 23.7 Å². The van der Waals surface area contributed by atoms with Crippen LogP contribution in [0.25, 0.3) is 0 Å². The third-order valence-corrected chi connectivity index (χ3v) is 7.50. The highest BCUT2D eigenvalue weighted by atomic mass is 19.1. The van der Waals surface area contributed by atoms with Crippen molar-refractivity contribution < 1.29 is 23.5 Å². The molecule has 31 heavy (non-hydrogen) atoms. The number of halogens is 1. The number of amides is 2. The van der Waals surface area contributed by atoms with Crippen molar-refractivity contribution in [3.05, 3.63) is 23.5 Å². The molecule has 2 N–H and O–H groups in total. The summed E-state index contributed by atoms with van der Waals surface area (Å²) in [6, 6.07) is 2.25. The highest BCUT2D eigenvalue weighted by molar-refractivity contribution is 5.84. The summed E-state index contributed by atoms with van der Waals surface area (Å²) in [5.41, 5.74) is 0.116. The lowest BCUT2D eigenvalue weighted by Crippen LogP contribution is -2.53. The van der Waals surface area contributed by atoms with E-state index in [4.69, 9.17) is 9.47 Å². The zero-order valence-electron chi connectivity index (χ0n) is 18.6. The molecule has 4 aliphatic rings. The number of benzene rings is 1. The van der Waals surface area contributed by atoms with Crippen LogP contribution in [-0.4, -0.2) is 32.6 Å². The molecule has 1 aromatic carbocycles. The van der Waals surface area contributed by atoms with Crippen LogP contribution >= 0.6 is 0 Å². The Bertz CT molecular complexity index is 821. The van der Waals surface area contributed by atoms with E-state index in [0.29, 0.717) is 41.4 Å². The van der Waals surface area contributed by atoms with Gasteiger partial charge < -0.3 is 20.1 Å². The molecule has 1 atom stereocenters. The van der Waals surface area contributed by atoms with Crippen LogP contribution in [0.5, 0.6) is 11.5 Å². The second-order valence-electron chi connectivity index (χ2n) is 9.72. The summed E-state index contributed by atoms with van der Waals surface area (Å²) in [6.07, 6.45) is 7.06. The Morgan fingerprint density at radius 3 is 2.16 bits per heavy atom. The molecule has 4 saturated carbocycles. The van der Waals surface area contributed by atoms with Gasteiger partial charge in [0.1, 0.15) is 5.82 Å². The molecule has 6 nitrogen and oxygen atoms in total. The minimum atomic E-state index is -0.536. The summed E-state index contributed by atoms with van der Waals surface area (Å²) in [7, 11) is 2.93. The van der Waals surface area contributed by atoms with Crippen molar-refractivity contribution in [3.63, 3.8) is 0 Å². The zero-order valence-corrected chi connectivity index (χ0v) is 18.6. The Morgan fingerprint density at radius 1 is 1.06 bits per heavy atom. The first kappa shape index (κ1) is 21.9. The van der Waals surface area contributed by atoms with Crippen LogP contribution in [0.15, 0.2) is 12.1 Å². The molecule has 7 heteroatoms. The fourth-order valence-corrected chi connectivity index (χ4v) is 6.46. The van der Waals surface area contributed by atoms with Gasteiger partial charge >= 0.3 is 0 Å². The molecule has 0 saturated heterocycles. The summed E-state index contributed by atoms with van der Waals surface area (Å²) in [5, 5.41) is 5.83. The first-order valence-electron chi connectivity index (χ1n) is 11.3. The second-order valence-corrected chi connectivity index (χ2v) is 9.72. The molecule has 0 heterocycles. The van der Waals surface area contributed by atoms with Gasteiger partial charge in [-0.25, -0.2) is 4.39 Å². The largest absolute Gasteiger partial charge is 0.493 e. The molecule has 5 rings (SSSR count). The molecule has 4 aliphatic carbocycles. The number of hydrogen-bond donors (Lipinski definition) is 2. The Labute approximate surface area is 183 Å². The topological polar surface area (TPSA) is 76.7 Å². The Morgan fingerprint density at radius 2 is 1.61 bits per heavy atom. The van der Waals surface area contributed by atoms with E-state index < -0.39 is 11.9 Å². The van der Waals surface area contributed by atoms with E-state index in [1.54, 1.807) is 6.92 Å². The van der Waals surface area contributed by atoms with Crippen LogP contribution in [0.2, 0.25) is 0 Å². The molecule has 1 unspecified atom stereocenters. The maximum atomic E-state index is 14.4. The molecule has 4 fully saturated rings. The standard InChI is InChI=1S/C24H33FN2O4/c1-14(18-9-20(30-2)21(31-3)10-19(18)25)27-22(28)4-5-26-23(29)24-11-15-6-16(12-24)8-17(7-15)13-24/h9-10,14-17H,4-8,11-13H2,1-3H3,(H,26,29)(H,27,28). The number of carbonyl (C=O) groups is 2. The summed E-state index contributed by atoms with van der Waals surface area (Å²) >= 11 is 0. The normalized spacial score (nSPS) is 29.4. The average Bonchev–Trinajstić information content (AvgIpc) is 2.72. The van der Waals surface area contributed by atoms with Gasteiger partial charge in [0.05, 0.1) is 20.3 Å². The van der Waals surface area contributed by atoms with Gasteiger partial charge in [-0.3, -0.25) is 9.59 Å². The Balaban J connectivity index is 1.28. The quantitative estimate of drug-likeness (QED) is 0.656. The van der Waals surface area contributed by atoms with Crippen molar-refractivity contribution in [2.75, 3.05) is 20.8 Å². The molecule has 0 spiro atoms. The fraction of sp³-hybridized carbons (Fsp3) is 0.667. The summed E-state index contributed by atoms with van der Waals surface area (Å²) < 4.78 is 24.8. The van der Waals surface area contributed by atoms with Gasteiger partial charge in [0.2, 0.25) is 11.8 Å². The van der Waals surface area contributed by atoms with Gasteiger partial charge in [-0.05, 0) is 69.3 Å². The maximum Gasteiger partial charge on any atom is 0.226 e. The van der Waals surface area contributed by atoms with Crippen molar-refractivity contribution in [2.45, 2.75) is 57.9 Å². The lowest BCUT2D eigenvalue weighted by atomic mass is 9.49. The van der Waals surface area contributed by atoms with E-state index in [0.717, 1.165) is 19.3 Å². The molecular formula is C24H33FN2O4. The van der Waals surface area contributed by atoms with Crippen LogP contribution in [0, 0.1) is 29.0 Å². The predicted octanol–water partition coefficient (Wildman–Crippen LogP) is 3.74. The monoisotopic (exact) mass is 432 g/mol. The lowest BCUT2D eigenvalue weighted by molar-refractivity contribution is -0.146. The minimum absolute atomic E-state index is 0.124. The number of nitrogens with one attached hydrogen (secondary N) is 2. The first-order valence-corrected chi connectivity index (χ1v) is 11.3. The fourth-order valence-electron chi connectivity index (χ4n) is 6.46. The third-order valence-electron chi connectivity index (χ3n) is 7.50. The van der Waals surface area contributed by atoms with Crippen LogP contribution in [-0.2, 0) is 9.59 Å². The Hall–Kier alpha value is -2.31. The van der Waals surface area contributed by atoms with Crippen molar-refractivity contribution >= 4 is 11.8 Å². The third kappa shape index (κ3) is 4.37. The van der Waals surface area contributed by atoms with Gasteiger partial charge in [-0.1, -0.05) is 0 Å². The smallest absolute Gasteiger partial charge is 0.226 e. The molecule has 0 radical (unpaired) electrons. The van der Waals surface area contributed by atoms with Crippen LogP contribution in [0.4, 0.5) is 4.39 Å². The number of carbonyl (C=O) groups excluding carboxylic acids is 2. The first-order chi connectivity index (χ1) is 14.8. The van der Waals surface area contributed by atoms with E-state index in [9.17, 15) is 14.0 Å². The number of rotatable bonds is 8. The van der Waals surface area contributed by atoms with Crippen LogP contribution in [0.1, 0.15) is 63.5 Å². The van der Waals surface area contributed by atoms with Gasteiger partial charge in [-0.15, -0.1) is 0 Å². The van der Waals surface area contributed by atoms with E-state index in [2.05, 4.69) is 10.6 Å². The van der Waals surface area contributed by atoms with Gasteiger partial charge in [-0.2, -0.15) is 0 Å². The molecule has 4 bridgehead atoms. The van der Waals surface area contributed by atoms with Crippen LogP contribution < -0.4 is 20.1 Å². The second kappa shape index (κ2) is 8.67. The van der Waals surface area contributed by atoms with Crippen molar-refractivity contribution in [2.24, 2.45) is 23.2 Å². The molecule has 0 aromatic heterocycles. The summed E-state index contributed by atoms with van der Waals surface area (Å²) in [5.74, 6) is 2.25. The number of methoxy groups -OCH3 is 2.